The maximum absolute atomic E-state index is 6.27. The van der Waals surface area contributed by atoms with Gasteiger partial charge in [0.2, 0.25) is 0 Å². The van der Waals surface area contributed by atoms with Crippen LogP contribution >= 0.6 is 35.6 Å². The predicted molar refractivity (Wildman–Crippen MR) is 144 cm³/mol. The fourth-order valence-corrected chi connectivity index (χ4v) is 4.76. The normalized spacial score (nSPS) is 19.5. The van der Waals surface area contributed by atoms with E-state index >= 15 is 0 Å². The second-order valence-electron chi connectivity index (χ2n) is 8.21. The first kappa shape index (κ1) is 24.8. The van der Waals surface area contributed by atoms with Crippen LogP contribution in [0.3, 0.4) is 0 Å². The first-order valence-corrected chi connectivity index (χ1v) is 11.4. The van der Waals surface area contributed by atoms with Crippen molar-refractivity contribution in [2.45, 2.75) is 25.3 Å². The molecule has 1 fully saturated rings. The summed E-state index contributed by atoms with van der Waals surface area (Å²) >= 11 is 6.27. The van der Waals surface area contributed by atoms with Gasteiger partial charge in [0.15, 0.2) is 5.96 Å². The molecule has 0 saturated carbocycles. The zero-order valence-corrected chi connectivity index (χ0v) is 21.7. The maximum atomic E-state index is 6.27. The third-order valence-electron chi connectivity index (χ3n) is 6.05. The van der Waals surface area contributed by atoms with Gasteiger partial charge in [-0.3, -0.25) is 9.89 Å². The van der Waals surface area contributed by atoms with Crippen molar-refractivity contribution in [2.24, 2.45) is 10.9 Å². The van der Waals surface area contributed by atoms with E-state index in [0.717, 1.165) is 53.9 Å². The van der Waals surface area contributed by atoms with Crippen LogP contribution in [0.1, 0.15) is 30.3 Å². The lowest BCUT2D eigenvalue weighted by Gasteiger charge is -2.40. The summed E-state index contributed by atoms with van der Waals surface area (Å²) in [5.74, 6) is 2.31. The SMILES string of the molecule is CN=C(NCCc1nc2ccccc2[nH]1)NCC1CCCN(C)C1c1cccc(Cl)c1.I. The Labute approximate surface area is 212 Å². The van der Waals surface area contributed by atoms with Gasteiger partial charge in [-0.15, -0.1) is 24.0 Å². The van der Waals surface area contributed by atoms with E-state index in [2.05, 4.69) is 55.7 Å². The molecular formula is C24H32ClIN6. The summed E-state index contributed by atoms with van der Waals surface area (Å²) in [7, 11) is 4.02. The molecule has 6 nitrogen and oxygen atoms in total. The summed E-state index contributed by atoms with van der Waals surface area (Å²) in [6, 6.07) is 16.7. The summed E-state index contributed by atoms with van der Waals surface area (Å²) in [4.78, 5) is 14.9. The Morgan fingerprint density at radius 3 is 2.84 bits per heavy atom. The minimum atomic E-state index is 0. The van der Waals surface area contributed by atoms with Gasteiger partial charge in [-0.2, -0.15) is 0 Å². The van der Waals surface area contributed by atoms with E-state index in [9.17, 15) is 0 Å². The average Bonchev–Trinajstić information content (AvgIpc) is 3.19. The minimum Gasteiger partial charge on any atom is -0.356 e. The Hall–Kier alpha value is -1.84. The van der Waals surface area contributed by atoms with Crippen LogP contribution in [0.15, 0.2) is 53.5 Å². The molecule has 0 amide bonds. The van der Waals surface area contributed by atoms with Crippen molar-refractivity contribution >= 4 is 52.6 Å². The molecule has 0 radical (unpaired) electrons. The van der Waals surface area contributed by atoms with Crippen LogP contribution in [0.2, 0.25) is 5.02 Å². The predicted octanol–water partition coefficient (Wildman–Crippen LogP) is 4.62. The number of aromatic amines is 1. The average molecular weight is 567 g/mol. The van der Waals surface area contributed by atoms with Crippen LogP contribution in [0.5, 0.6) is 0 Å². The molecule has 2 atom stereocenters. The van der Waals surface area contributed by atoms with Gasteiger partial charge in [0.25, 0.3) is 0 Å². The molecule has 1 aliphatic heterocycles. The van der Waals surface area contributed by atoms with E-state index in [0.29, 0.717) is 12.0 Å². The fourth-order valence-electron chi connectivity index (χ4n) is 4.56. The molecule has 2 unspecified atom stereocenters. The molecule has 3 N–H and O–H groups in total. The van der Waals surface area contributed by atoms with Crippen molar-refractivity contribution < 1.29 is 0 Å². The Bertz CT molecular complexity index is 1000. The molecule has 0 aliphatic carbocycles. The summed E-state index contributed by atoms with van der Waals surface area (Å²) in [5.41, 5.74) is 3.37. The highest BCUT2D eigenvalue weighted by molar-refractivity contribution is 14.0. The second-order valence-corrected chi connectivity index (χ2v) is 8.65. The number of aliphatic imine (C=N–C) groups is 1. The van der Waals surface area contributed by atoms with Gasteiger partial charge in [-0.1, -0.05) is 35.9 Å². The zero-order valence-electron chi connectivity index (χ0n) is 18.6. The van der Waals surface area contributed by atoms with Gasteiger partial charge in [-0.25, -0.2) is 4.98 Å². The molecular weight excluding hydrogens is 535 g/mol. The van der Waals surface area contributed by atoms with Crippen molar-refractivity contribution in [1.29, 1.82) is 0 Å². The van der Waals surface area contributed by atoms with Crippen LogP contribution in [0.4, 0.5) is 0 Å². The number of nitrogens with one attached hydrogen (secondary N) is 3. The van der Waals surface area contributed by atoms with Crippen molar-refractivity contribution in [2.75, 3.05) is 33.7 Å². The fraction of sp³-hybridized carbons (Fsp3) is 0.417. The quantitative estimate of drug-likeness (QED) is 0.231. The number of para-hydroxylation sites is 2. The number of nitrogens with zero attached hydrogens (tertiary/aromatic N) is 3. The third-order valence-corrected chi connectivity index (χ3v) is 6.28. The molecule has 2 aromatic carbocycles. The van der Waals surface area contributed by atoms with Crippen molar-refractivity contribution in [3.05, 3.63) is 64.9 Å². The molecule has 1 aromatic heterocycles. The Kier molecular flexibility index (Phi) is 9.19. The molecule has 8 heteroatoms. The lowest BCUT2D eigenvalue weighted by molar-refractivity contribution is 0.122. The number of benzene rings is 2. The smallest absolute Gasteiger partial charge is 0.191 e. The number of imidazole rings is 1. The maximum Gasteiger partial charge on any atom is 0.191 e. The molecule has 3 aromatic rings. The molecule has 1 aliphatic rings. The Morgan fingerprint density at radius 2 is 2.06 bits per heavy atom. The first-order chi connectivity index (χ1) is 15.1. The van der Waals surface area contributed by atoms with E-state index in [1.165, 1.54) is 18.4 Å². The largest absolute Gasteiger partial charge is 0.356 e. The van der Waals surface area contributed by atoms with E-state index in [-0.39, 0.29) is 24.0 Å². The van der Waals surface area contributed by atoms with Crippen molar-refractivity contribution in [1.82, 2.24) is 25.5 Å². The minimum absolute atomic E-state index is 0. The number of likely N-dealkylation sites (tertiary alicyclic amines) is 1. The Morgan fingerprint density at radius 1 is 1.22 bits per heavy atom. The number of piperidine rings is 1. The zero-order chi connectivity index (χ0) is 21.6. The van der Waals surface area contributed by atoms with Crippen LogP contribution < -0.4 is 10.6 Å². The number of hydrogen-bond acceptors (Lipinski definition) is 3. The molecule has 32 heavy (non-hydrogen) atoms. The third kappa shape index (κ3) is 6.14. The Balaban J connectivity index is 0.00000289. The van der Waals surface area contributed by atoms with E-state index in [1.807, 2.05) is 37.4 Å². The number of rotatable bonds is 6. The molecule has 0 bridgehead atoms. The molecule has 0 spiro atoms. The standard InChI is InChI=1S/C24H31ClN6.HI/c1-26-24(27-13-12-22-29-20-10-3-4-11-21(20)30-22)28-16-18-8-6-14-31(2)23(18)17-7-5-9-19(25)15-17;/h3-5,7,9-11,15,18,23H,6,8,12-14,16H2,1-2H3,(H,29,30)(H2,26,27,28);1H. The molecule has 172 valence electrons. The number of aromatic nitrogens is 2. The summed E-state index contributed by atoms with van der Waals surface area (Å²) in [6.45, 7) is 2.74. The van der Waals surface area contributed by atoms with E-state index < -0.39 is 0 Å². The number of fused-ring (bicyclic) bond motifs is 1. The van der Waals surface area contributed by atoms with Gasteiger partial charge in [0, 0.05) is 37.6 Å². The lowest BCUT2D eigenvalue weighted by atomic mass is 9.85. The van der Waals surface area contributed by atoms with Gasteiger partial charge in [-0.05, 0) is 62.2 Å². The van der Waals surface area contributed by atoms with Gasteiger partial charge in [0.1, 0.15) is 5.82 Å². The van der Waals surface area contributed by atoms with Gasteiger partial charge < -0.3 is 15.6 Å². The topological polar surface area (TPSA) is 68.3 Å². The van der Waals surface area contributed by atoms with Gasteiger partial charge in [0.05, 0.1) is 11.0 Å². The highest BCUT2D eigenvalue weighted by atomic mass is 127. The van der Waals surface area contributed by atoms with E-state index in [4.69, 9.17) is 11.6 Å². The lowest BCUT2D eigenvalue weighted by Crippen LogP contribution is -2.45. The summed E-state index contributed by atoms with van der Waals surface area (Å²) < 4.78 is 0. The number of H-pyrrole nitrogens is 1. The highest BCUT2D eigenvalue weighted by Gasteiger charge is 2.30. The second kappa shape index (κ2) is 11.9. The number of halogens is 2. The summed E-state index contributed by atoms with van der Waals surface area (Å²) in [6.07, 6.45) is 3.20. The van der Waals surface area contributed by atoms with Crippen LogP contribution in [0.25, 0.3) is 11.0 Å². The molecule has 2 heterocycles. The van der Waals surface area contributed by atoms with Crippen molar-refractivity contribution in [3.8, 4) is 0 Å². The molecule has 4 rings (SSSR count). The van der Waals surface area contributed by atoms with E-state index in [1.54, 1.807) is 0 Å². The summed E-state index contributed by atoms with van der Waals surface area (Å²) in [5, 5.41) is 7.75. The van der Waals surface area contributed by atoms with Crippen LogP contribution in [-0.4, -0.2) is 54.6 Å². The number of hydrogen-bond donors (Lipinski definition) is 3. The number of guanidine groups is 1. The highest BCUT2D eigenvalue weighted by Crippen LogP contribution is 2.35. The first-order valence-electron chi connectivity index (χ1n) is 11.0. The monoisotopic (exact) mass is 566 g/mol. The van der Waals surface area contributed by atoms with Gasteiger partial charge >= 0.3 is 0 Å². The van der Waals surface area contributed by atoms with Crippen LogP contribution in [0, 0.1) is 5.92 Å². The molecule has 1 saturated heterocycles. The van der Waals surface area contributed by atoms with Crippen LogP contribution in [-0.2, 0) is 6.42 Å². The van der Waals surface area contributed by atoms with Crippen molar-refractivity contribution in [3.63, 3.8) is 0 Å².